The largest absolute Gasteiger partial charge is 0.377 e. The first kappa shape index (κ1) is 15.2. The predicted molar refractivity (Wildman–Crippen MR) is 82.8 cm³/mol. The molecule has 1 unspecified atom stereocenters. The molecule has 1 fully saturated rings. The molecule has 0 spiro atoms. The van der Waals surface area contributed by atoms with Crippen molar-refractivity contribution in [3.63, 3.8) is 0 Å². The quantitative estimate of drug-likeness (QED) is 0.711. The van der Waals surface area contributed by atoms with Gasteiger partial charge in [-0.1, -0.05) is 6.92 Å². The van der Waals surface area contributed by atoms with Crippen molar-refractivity contribution in [1.82, 2.24) is 15.3 Å². The Labute approximate surface area is 130 Å². The number of H-pyrrole nitrogens is 1. The zero-order chi connectivity index (χ0) is 14.5. The van der Waals surface area contributed by atoms with Crippen molar-refractivity contribution in [2.45, 2.75) is 19.4 Å². The van der Waals surface area contributed by atoms with Crippen molar-refractivity contribution in [1.29, 1.82) is 0 Å². The lowest BCUT2D eigenvalue weighted by atomic mass is 10.2. The van der Waals surface area contributed by atoms with E-state index in [1.165, 1.54) is 6.33 Å². The summed E-state index contributed by atoms with van der Waals surface area (Å²) in [7, 11) is 0. The van der Waals surface area contributed by atoms with E-state index in [9.17, 15) is 9.59 Å². The lowest BCUT2D eigenvalue weighted by molar-refractivity contribution is -0.124. The van der Waals surface area contributed by atoms with E-state index in [1.807, 2.05) is 34.4 Å². The van der Waals surface area contributed by atoms with E-state index in [4.69, 9.17) is 4.74 Å². The molecule has 7 nitrogen and oxygen atoms in total. The molecule has 0 bridgehead atoms. The summed E-state index contributed by atoms with van der Waals surface area (Å²) in [4.78, 5) is 32.4. The van der Waals surface area contributed by atoms with Crippen LogP contribution in [0, 0.1) is 3.57 Å². The second-order valence-electron chi connectivity index (χ2n) is 4.44. The normalized spacial score (nSPS) is 18.9. The maximum Gasteiger partial charge on any atom is 0.266 e. The number of amides is 1. The Morgan fingerprint density at radius 3 is 3.25 bits per heavy atom. The number of carbonyl (C=O) groups is 1. The van der Waals surface area contributed by atoms with Gasteiger partial charge in [-0.15, -0.1) is 0 Å². The summed E-state index contributed by atoms with van der Waals surface area (Å²) in [5.41, 5.74) is -0.199. The molecule has 1 aromatic heterocycles. The highest BCUT2D eigenvalue weighted by Gasteiger charge is 2.31. The molecule has 1 amide bonds. The van der Waals surface area contributed by atoms with Gasteiger partial charge in [0.2, 0.25) is 5.91 Å². The van der Waals surface area contributed by atoms with Crippen molar-refractivity contribution < 1.29 is 9.53 Å². The van der Waals surface area contributed by atoms with Crippen LogP contribution in [0.3, 0.4) is 0 Å². The first-order valence-electron chi connectivity index (χ1n) is 6.50. The number of nitrogens with zero attached hydrogens (tertiary/aromatic N) is 2. The third-order valence-corrected chi connectivity index (χ3v) is 4.00. The van der Waals surface area contributed by atoms with Crippen molar-refractivity contribution in [3.05, 3.63) is 20.3 Å². The fourth-order valence-electron chi connectivity index (χ4n) is 2.01. The van der Waals surface area contributed by atoms with Gasteiger partial charge in [-0.25, -0.2) is 4.98 Å². The minimum atomic E-state index is -0.446. The number of hydrogen-bond donors (Lipinski definition) is 2. The molecular formula is C12H17IN4O3. The molecule has 1 aliphatic rings. The molecule has 1 atom stereocenters. The molecule has 110 valence electrons. The molecule has 0 radical (unpaired) electrons. The number of carbonyl (C=O) groups excluding carboxylic acids is 1. The van der Waals surface area contributed by atoms with Crippen LogP contribution >= 0.6 is 22.6 Å². The van der Waals surface area contributed by atoms with E-state index in [-0.39, 0.29) is 11.5 Å². The predicted octanol–water partition coefficient (Wildman–Crippen LogP) is 0.106. The molecule has 1 aromatic rings. The summed E-state index contributed by atoms with van der Waals surface area (Å²) in [6.07, 6.45) is 2.23. The number of halogens is 1. The smallest absolute Gasteiger partial charge is 0.266 e. The van der Waals surface area contributed by atoms with Crippen LogP contribution in [0.4, 0.5) is 5.82 Å². The van der Waals surface area contributed by atoms with Crippen LogP contribution < -0.4 is 15.8 Å². The average Bonchev–Trinajstić information content (AvgIpc) is 2.47. The van der Waals surface area contributed by atoms with Crippen LogP contribution in [0.2, 0.25) is 0 Å². The van der Waals surface area contributed by atoms with Crippen LogP contribution in [0.25, 0.3) is 0 Å². The summed E-state index contributed by atoms with van der Waals surface area (Å²) in [6, 6.07) is -0.446. The fourth-order valence-corrected chi connectivity index (χ4v) is 2.62. The highest BCUT2D eigenvalue weighted by atomic mass is 127. The highest BCUT2D eigenvalue weighted by Crippen LogP contribution is 2.20. The number of aromatic nitrogens is 2. The van der Waals surface area contributed by atoms with Crippen molar-refractivity contribution in [3.8, 4) is 0 Å². The van der Waals surface area contributed by atoms with Crippen LogP contribution in [0.1, 0.15) is 13.3 Å². The first-order valence-corrected chi connectivity index (χ1v) is 7.58. The van der Waals surface area contributed by atoms with Gasteiger partial charge < -0.3 is 19.9 Å². The van der Waals surface area contributed by atoms with E-state index < -0.39 is 6.04 Å². The molecule has 0 saturated carbocycles. The summed E-state index contributed by atoms with van der Waals surface area (Å²) in [6.45, 7) is 3.98. The Kier molecular flexibility index (Phi) is 5.35. The highest BCUT2D eigenvalue weighted by molar-refractivity contribution is 14.1. The van der Waals surface area contributed by atoms with Gasteiger partial charge in [-0.3, -0.25) is 9.59 Å². The summed E-state index contributed by atoms with van der Waals surface area (Å²) < 4.78 is 5.87. The van der Waals surface area contributed by atoms with Crippen LogP contribution in [-0.2, 0) is 9.53 Å². The van der Waals surface area contributed by atoms with Crippen LogP contribution in [0.5, 0.6) is 0 Å². The Balaban J connectivity index is 2.24. The Morgan fingerprint density at radius 1 is 1.70 bits per heavy atom. The van der Waals surface area contributed by atoms with Gasteiger partial charge in [0.25, 0.3) is 5.56 Å². The van der Waals surface area contributed by atoms with Gasteiger partial charge in [0.05, 0.1) is 19.5 Å². The molecule has 0 aliphatic carbocycles. The Bertz CT molecular complexity index is 534. The molecule has 2 heterocycles. The monoisotopic (exact) mass is 392 g/mol. The standard InChI is InChI=1S/C12H17IN4O3/c1-2-3-14-11(18)8-6-20-5-4-17(8)10-9(13)12(19)16-7-15-10/h7-8H,2-6H2,1H3,(H,14,18)(H,15,16,19). The van der Waals surface area contributed by atoms with Gasteiger partial charge in [0.1, 0.15) is 15.4 Å². The number of hydrogen-bond acceptors (Lipinski definition) is 5. The minimum absolute atomic E-state index is 0.0931. The second kappa shape index (κ2) is 7.02. The van der Waals surface area contributed by atoms with Gasteiger partial charge in [-0.2, -0.15) is 0 Å². The minimum Gasteiger partial charge on any atom is -0.377 e. The zero-order valence-corrected chi connectivity index (χ0v) is 13.3. The zero-order valence-electron chi connectivity index (χ0n) is 11.2. The third-order valence-electron chi connectivity index (χ3n) is 3.03. The fraction of sp³-hybridized carbons (Fsp3) is 0.583. The lowest BCUT2D eigenvalue weighted by Gasteiger charge is -2.35. The molecule has 20 heavy (non-hydrogen) atoms. The molecule has 2 N–H and O–H groups in total. The van der Waals surface area contributed by atoms with Crippen molar-refractivity contribution in [2.75, 3.05) is 31.2 Å². The molecular weight excluding hydrogens is 375 g/mol. The molecule has 1 aliphatic heterocycles. The summed E-state index contributed by atoms with van der Waals surface area (Å²) in [5.74, 6) is 0.443. The number of nitrogens with one attached hydrogen (secondary N) is 2. The van der Waals surface area contributed by atoms with Crippen LogP contribution in [-0.4, -0.2) is 48.2 Å². The lowest BCUT2D eigenvalue weighted by Crippen LogP contribution is -2.55. The SMILES string of the molecule is CCCNC(=O)C1COCCN1c1nc[nH]c(=O)c1I. The average molecular weight is 392 g/mol. The number of morpholine rings is 1. The van der Waals surface area contributed by atoms with Crippen molar-refractivity contribution >= 4 is 34.3 Å². The van der Waals surface area contributed by atoms with Gasteiger partial charge in [0.15, 0.2) is 0 Å². The van der Waals surface area contributed by atoms with Crippen LogP contribution in [0.15, 0.2) is 11.1 Å². The number of ether oxygens (including phenoxy) is 1. The van der Waals surface area contributed by atoms with Gasteiger partial charge >= 0.3 is 0 Å². The molecule has 8 heteroatoms. The van der Waals surface area contributed by atoms with E-state index in [0.717, 1.165) is 6.42 Å². The van der Waals surface area contributed by atoms with E-state index >= 15 is 0 Å². The van der Waals surface area contributed by atoms with Gasteiger partial charge in [-0.05, 0) is 29.0 Å². The maximum absolute atomic E-state index is 12.2. The van der Waals surface area contributed by atoms with E-state index in [2.05, 4.69) is 15.3 Å². The van der Waals surface area contributed by atoms with Gasteiger partial charge in [0, 0.05) is 13.1 Å². The molecule has 0 aromatic carbocycles. The number of anilines is 1. The summed E-state index contributed by atoms with van der Waals surface area (Å²) in [5, 5.41) is 2.86. The maximum atomic E-state index is 12.2. The number of rotatable bonds is 4. The molecule has 2 rings (SSSR count). The first-order chi connectivity index (χ1) is 9.65. The number of aromatic amines is 1. The van der Waals surface area contributed by atoms with E-state index in [0.29, 0.717) is 35.7 Å². The second-order valence-corrected chi connectivity index (χ2v) is 5.52. The summed E-state index contributed by atoms with van der Waals surface area (Å²) >= 11 is 1.95. The topological polar surface area (TPSA) is 87.3 Å². The Hall–Kier alpha value is -1.16. The third kappa shape index (κ3) is 3.29. The molecule has 1 saturated heterocycles. The van der Waals surface area contributed by atoms with Crippen molar-refractivity contribution in [2.24, 2.45) is 0 Å². The Morgan fingerprint density at radius 2 is 2.50 bits per heavy atom. The van der Waals surface area contributed by atoms with E-state index in [1.54, 1.807) is 0 Å².